The van der Waals surface area contributed by atoms with Crippen LogP contribution in [0.2, 0.25) is 0 Å². The molecule has 18 heteroatoms. The average Bonchev–Trinajstić information content (AvgIpc) is 3.62. The molecule has 0 saturated heterocycles. The predicted octanol–water partition coefficient (Wildman–Crippen LogP) is 3.04. The lowest BCUT2D eigenvalue weighted by molar-refractivity contribution is -0.205. The van der Waals surface area contributed by atoms with Crippen LogP contribution in [-0.4, -0.2) is 64.7 Å². The molecule has 0 fully saturated rings. The van der Waals surface area contributed by atoms with Gasteiger partial charge in [-0.15, -0.1) is 0 Å². The highest BCUT2D eigenvalue weighted by molar-refractivity contribution is 7.89. The van der Waals surface area contributed by atoms with Crippen molar-refractivity contribution < 1.29 is 40.5 Å². The fraction of sp³-hybridized carbons (Fsp3) is 0.250. The van der Waals surface area contributed by atoms with Crippen molar-refractivity contribution in [3.05, 3.63) is 66.4 Å². The van der Waals surface area contributed by atoms with E-state index in [4.69, 9.17) is 30.0 Å². The second-order valence-corrected chi connectivity index (χ2v) is 11.4. The number of aromatic nitrogens is 5. The molecule has 0 radical (unpaired) electrons. The van der Waals surface area contributed by atoms with Gasteiger partial charge in [0.25, 0.3) is 0 Å². The second kappa shape index (κ2) is 13.1. The number of hydrogen-bond donors (Lipinski definition) is 3. The fourth-order valence-corrected chi connectivity index (χ4v) is 5.09. The summed E-state index contributed by atoms with van der Waals surface area (Å²) in [4.78, 5) is 20.9. The Labute approximate surface area is 259 Å². The zero-order chi connectivity index (χ0) is 33.1. The Bertz CT molecular complexity index is 1950. The van der Waals surface area contributed by atoms with E-state index in [1.807, 2.05) is 37.3 Å². The number of carbonyl (C=O) groups is 1. The number of nitrogens with one attached hydrogen (secondary N) is 1. The molecule has 3 heterocycles. The Morgan fingerprint density at radius 2 is 1.80 bits per heavy atom. The van der Waals surface area contributed by atoms with Crippen molar-refractivity contribution in [3.8, 4) is 28.5 Å². The number of carbonyl (C=O) groups excluding carboxylic acids is 1. The molecule has 0 aliphatic heterocycles. The Morgan fingerprint density at radius 3 is 2.41 bits per heavy atom. The first-order valence-corrected chi connectivity index (χ1v) is 15.2. The molecule has 0 saturated carbocycles. The van der Waals surface area contributed by atoms with E-state index in [1.54, 1.807) is 4.57 Å². The zero-order valence-electron chi connectivity index (χ0n) is 24.1. The SMILES string of the molecule is CCn1c(-c2nonc2N)nc2c(-c3ccccc3)ncc(OCC(CNCc3ccc(S(N)(=O)=O)cc3)OC(=O)C(F)(F)F)c21. The fourth-order valence-electron chi connectivity index (χ4n) is 4.58. The molecule has 1 atom stereocenters. The highest BCUT2D eigenvalue weighted by Crippen LogP contribution is 2.36. The summed E-state index contributed by atoms with van der Waals surface area (Å²) in [6, 6.07) is 14.7. The Balaban J connectivity index is 1.44. The molecule has 5 aromatic rings. The molecule has 0 aliphatic carbocycles. The highest BCUT2D eigenvalue weighted by Gasteiger charge is 2.42. The number of esters is 1. The van der Waals surface area contributed by atoms with Crippen molar-refractivity contribution in [2.75, 3.05) is 18.9 Å². The van der Waals surface area contributed by atoms with E-state index in [2.05, 4.69) is 20.6 Å². The third kappa shape index (κ3) is 7.08. The molecule has 46 heavy (non-hydrogen) atoms. The maximum Gasteiger partial charge on any atom is 0.490 e. The molecule has 5 N–H and O–H groups in total. The van der Waals surface area contributed by atoms with Crippen LogP contribution in [-0.2, 0) is 32.6 Å². The number of benzene rings is 2. The Morgan fingerprint density at radius 1 is 1.09 bits per heavy atom. The van der Waals surface area contributed by atoms with Crippen LogP contribution in [0.5, 0.6) is 5.75 Å². The van der Waals surface area contributed by atoms with Crippen LogP contribution < -0.4 is 20.9 Å². The van der Waals surface area contributed by atoms with Gasteiger partial charge in [-0.1, -0.05) is 42.5 Å². The summed E-state index contributed by atoms with van der Waals surface area (Å²) in [5.74, 6) is -1.97. The quantitative estimate of drug-likeness (QED) is 0.165. The molecule has 5 rings (SSSR count). The van der Waals surface area contributed by atoms with Gasteiger partial charge in [0.05, 0.1) is 16.8 Å². The molecule has 0 bridgehead atoms. The Kier molecular flexibility index (Phi) is 9.22. The number of rotatable bonds is 12. The van der Waals surface area contributed by atoms with E-state index in [9.17, 15) is 26.4 Å². The third-order valence-corrected chi connectivity index (χ3v) is 7.64. The van der Waals surface area contributed by atoms with Crippen molar-refractivity contribution in [1.82, 2.24) is 30.2 Å². The molecule has 242 valence electrons. The first-order valence-electron chi connectivity index (χ1n) is 13.6. The second-order valence-electron chi connectivity index (χ2n) is 9.87. The van der Waals surface area contributed by atoms with Gasteiger partial charge >= 0.3 is 12.1 Å². The van der Waals surface area contributed by atoms with E-state index >= 15 is 0 Å². The number of imidazole rings is 1. The summed E-state index contributed by atoms with van der Waals surface area (Å²) in [5.41, 5.74) is 8.75. The normalized spacial score (nSPS) is 12.7. The number of nitrogens with zero attached hydrogens (tertiary/aromatic N) is 5. The van der Waals surface area contributed by atoms with Crippen LogP contribution in [0.15, 0.2) is 70.3 Å². The number of pyridine rings is 1. The zero-order valence-corrected chi connectivity index (χ0v) is 24.9. The first-order chi connectivity index (χ1) is 21.9. The third-order valence-electron chi connectivity index (χ3n) is 6.71. The molecule has 1 unspecified atom stereocenters. The number of halogens is 3. The summed E-state index contributed by atoms with van der Waals surface area (Å²) in [6.45, 7) is 1.51. The van der Waals surface area contributed by atoms with E-state index in [0.29, 0.717) is 34.7 Å². The standard InChI is InChI=1S/C28H27F3N8O6S/c1-2-39-24-20(14-35-21(17-6-4-3-5-7-17)22(24)36-26(39)23-25(32)38-45-37-23)43-15-18(44-27(40)28(29,30)31)13-34-12-16-8-10-19(11-9-16)46(33,41)42/h3-11,14,18,34H,2,12-13,15H2,1H3,(H2,32,38)(H2,33,41,42). The van der Waals surface area contributed by atoms with Gasteiger partial charge in [0.1, 0.15) is 23.7 Å². The van der Waals surface area contributed by atoms with Gasteiger partial charge in [0.15, 0.2) is 23.1 Å². The van der Waals surface area contributed by atoms with Gasteiger partial charge in [-0.3, -0.25) is 0 Å². The van der Waals surface area contributed by atoms with Crippen LogP contribution >= 0.6 is 0 Å². The van der Waals surface area contributed by atoms with Crippen molar-refractivity contribution >= 4 is 32.8 Å². The number of ether oxygens (including phenoxy) is 2. The van der Waals surface area contributed by atoms with Crippen molar-refractivity contribution in [2.24, 2.45) is 5.14 Å². The summed E-state index contributed by atoms with van der Waals surface area (Å²) < 4.78 is 79.6. The van der Waals surface area contributed by atoms with Gasteiger partial charge in [-0.25, -0.2) is 32.9 Å². The number of nitrogen functional groups attached to an aromatic ring is 1. The van der Waals surface area contributed by atoms with E-state index in [1.165, 1.54) is 30.5 Å². The molecule has 0 amide bonds. The van der Waals surface area contributed by atoms with Gasteiger partial charge < -0.3 is 25.1 Å². The lowest BCUT2D eigenvalue weighted by Gasteiger charge is -2.20. The maximum atomic E-state index is 13.1. The van der Waals surface area contributed by atoms with Gasteiger partial charge in [0, 0.05) is 25.2 Å². The summed E-state index contributed by atoms with van der Waals surface area (Å²) in [6.07, 6.45) is -5.25. The number of sulfonamides is 1. The van der Waals surface area contributed by atoms with E-state index < -0.39 is 34.9 Å². The monoisotopic (exact) mass is 660 g/mol. The number of fused-ring (bicyclic) bond motifs is 1. The minimum absolute atomic E-state index is 0.00816. The maximum absolute atomic E-state index is 13.1. The van der Waals surface area contributed by atoms with Crippen LogP contribution in [0.3, 0.4) is 0 Å². The molecule has 0 spiro atoms. The topological polar surface area (TPSA) is 203 Å². The number of nitrogens with two attached hydrogens (primary N) is 2. The average molecular weight is 661 g/mol. The van der Waals surface area contributed by atoms with Gasteiger partial charge in [-0.2, -0.15) is 13.2 Å². The Hall–Kier alpha value is -5.07. The molecule has 14 nitrogen and oxygen atoms in total. The predicted molar refractivity (Wildman–Crippen MR) is 157 cm³/mol. The first kappa shape index (κ1) is 32.3. The summed E-state index contributed by atoms with van der Waals surface area (Å²) >= 11 is 0. The van der Waals surface area contributed by atoms with Crippen LogP contribution in [0.25, 0.3) is 33.8 Å². The van der Waals surface area contributed by atoms with Gasteiger partial charge in [-0.05, 0) is 34.9 Å². The van der Waals surface area contributed by atoms with Crippen LogP contribution in [0.4, 0.5) is 19.0 Å². The largest absolute Gasteiger partial charge is 0.490 e. The summed E-state index contributed by atoms with van der Waals surface area (Å²) in [7, 11) is -3.90. The lowest BCUT2D eigenvalue weighted by Crippen LogP contribution is -2.39. The number of alkyl halides is 3. The van der Waals surface area contributed by atoms with Crippen molar-refractivity contribution in [2.45, 2.75) is 37.2 Å². The van der Waals surface area contributed by atoms with E-state index in [-0.39, 0.29) is 35.2 Å². The number of anilines is 1. The van der Waals surface area contributed by atoms with Crippen molar-refractivity contribution in [3.63, 3.8) is 0 Å². The number of hydrogen-bond acceptors (Lipinski definition) is 12. The van der Waals surface area contributed by atoms with Crippen LogP contribution in [0.1, 0.15) is 12.5 Å². The number of aryl methyl sites for hydroxylation is 1. The minimum atomic E-state index is -5.24. The number of primary sulfonamides is 1. The highest BCUT2D eigenvalue weighted by atomic mass is 32.2. The molecule has 0 aliphatic rings. The molecular formula is C28H27F3N8O6S. The van der Waals surface area contributed by atoms with Crippen LogP contribution in [0, 0.1) is 0 Å². The molecular weight excluding hydrogens is 633 g/mol. The summed E-state index contributed by atoms with van der Waals surface area (Å²) in [5, 5.41) is 15.5. The molecule has 2 aromatic carbocycles. The lowest BCUT2D eigenvalue weighted by atomic mass is 10.1. The smallest absolute Gasteiger partial charge is 0.486 e. The van der Waals surface area contributed by atoms with Crippen molar-refractivity contribution in [1.29, 1.82) is 0 Å². The molecule has 3 aromatic heterocycles. The van der Waals surface area contributed by atoms with Gasteiger partial charge in [0.2, 0.25) is 10.0 Å². The van der Waals surface area contributed by atoms with E-state index in [0.717, 1.165) is 5.56 Å². The minimum Gasteiger partial charge on any atom is -0.486 e.